The second kappa shape index (κ2) is 15.6. The minimum absolute atomic E-state index is 0.144. The summed E-state index contributed by atoms with van der Waals surface area (Å²) in [6, 6.07) is 11.4. The summed E-state index contributed by atoms with van der Waals surface area (Å²) in [5.74, 6) is -8.64. The third kappa shape index (κ3) is 8.60. The van der Waals surface area contributed by atoms with Gasteiger partial charge < -0.3 is 24.9 Å². The maximum atomic E-state index is 17.2. The molecule has 2 heterocycles. The topological polar surface area (TPSA) is 128 Å². The maximum Gasteiger partial charge on any atom is 0.492 e. The molecule has 16 heteroatoms. The third-order valence-electron chi connectivity index (χ3n) is 9.98. The first kappa shape index (κ1) is 38.4. The fraction of sp³-hybridized carbons (Fsp3) is 0.459. The normalized spacial score (nSPS) is 21.6. The highest BCUT2D eigenvalue weighted by atomic mass is 32.2. The first-order valence-corrected chi connectivity index (χ1v) is 18.9. The van der Waals surface area contributed by atoms with Gasteiger partial charge in [-0.15, -0.1) is 0 Å². The molecule has 1 amide bonds. The van der Waals surface area contributed by atoms with E-state index in [0.29, 0.717) is 19.4 Å². The number of ether oxygens (including phenoxy) is 2. The number of piperidine rings is 1. The Bertz CT molecular complexity index is 1840. The number of rotatable bonds is 12. The Balaban J connectivity index is 1.41. The van der Waals surface area contributed by atoms with Crippen molar-refractivity contribution in [1.82, 2.24) is 9.37 Å². The molecule has 2 N–H and O–H groups in total. The van der Waals surface area contributed by atoms with Gasteiger partial charge in [0.05, 0.1) is 11.5 Å². The molecular formula is C37H40F5N3O7S. The number of hydrogen-bond acceptors (Lipinski definition) is 8. The number of carbonyl (C=O) groups excluding carboxylic acids is 2. The van der Waals surface area contributed by atoms with Crippen molar-refractivity contribution >= 4 is 21.9 Å². The van der Waals surface area contributed by atoms with Crippen LogP contribution in [0.3, 0.4) is 0 Å². The van der Waals surface area contributed by atoms with Crippen molar-refractivity contribution in [2.24, 2.45) is 11.7 Å². The monoisotopic (exact) mass is 765 g/mol. The van der Waals surface area contributed by atoms with Gasteiger partial charge in [0.15, 0.2) is 0 Å². The lowest BCUT2D eigenvalue weighted by Gasteiger charge is -2.42. The zero-order chi connectivity index (χ0) is 38.0. The van der Waals surface area contributed by atoms with E-state index in [4.69, 9.17) is 15.2 Å². The molecule has 53 heavy (non-hydrogen) atoms. The highest BCUT2D eigenvalue weighted by Crippen LogP contribution is 2.44. The molecule has 1 aliphatic carbocycles. The number of nitrogens with zero attached hydrogens (tertiary/aromatic N) is 2. The van der Waals surface area contributed by atoms with E-state index in [1.807, 2.05) is 0 Å². The average Bonchev–Trinajstić information content (AvgIpc) is 3.41. The molecule has 286 valence electrons. The fourth-order valence-corrected chi connectivity index (χ4v) is 8.75. The summed E-state index contributed by atoms with van der Waals surface area (Å²) in [5, 5.41) is 0. The molecule has 2 unspecified atom stereocenters. The molecule has 1 saturated carbocycles. The Labute approximate surface area is 304 Å². The first-order chi connectivity index (χ1) is 25.1. The van der Waals surface area contributed by atoms with E-state index in [1.165, 1.54) is 18.2 Å². The molecule has 10 nitrogen and oxygen atoms in total. The molecule has 6 rings (SSSR count). The number of hydroxylamine groups is 1. The Morgan fingerprint density at radius 1 is 0.811 bits per heavy atom. The number of benzene rings is 3. The van der Waals surface area contributed by atoms with Crippen LogP contribution in [-0.4, -0.2) is 66.6 Å². The van der Waals surface area contributed by atoms with E-state index >= 15 is 8.78 Å². The zero-order valence-corrected chi connectivity index (χ0v) is 29.4. The maximum absolute atomic E-state index is 17.2. The van der Waals surface area contributed by atoms with Gasteiger partial charge in [0, 0.05) is 23.7 Å². The van der Waals surface area contributed by atoms with Crippen molar-refractivity contribution in [2.45, 2.75) is 98.9 Å². The summed E-state index contributed by atoms with van der Waals surface area (Å²) in [4.78, 5) is 31.5. The lowest BCUT2D eigenvalue weighted by Crippen LogP contribution is -2.62. The summed E-state index contributed by atoms with van der Waals surface area (Å²) >= 11 is 0. The van der Waals surface area contributed by atoms with Crippen LogP contribution in [0.2, 0.25) is 0 Å². The predicted molar refractivity (Wildman–Crippen MR) is 181 cm³/mol. The van der Waals surface area contributed by atoms with Crippen LogP contribution >= 0.6 is 0 Å². The number of sulfonamides is 1. The second-order valence-electron chi connectivity index (χ2n) is 13.8. The van der Waals surface area contributed by atoms with E-state index in [2.05, 4.69) is 4.84 Å². The Hall–Kier alpha value is -4.28. The van der Waals surface area contributed by atoms with Crippen molar-refractivity contribution in [2.75, 3.05) is 6.61 Å². The average molecular weight is 766 g/mol. The number of para-hydroxylation sites is 1. The first-order valence-electron chi connectivity index (χ1n) is 17.5. The summed E-state index contributed by atoms with van der Waals surface area (Å²) in [6.07, 6.45) is 0.408. The van der Waals surface area contributed by atoms with Crippen molar-refractivity contribution in [3.05, 3.63) is 84.4 Å². The lowest BCUT2D eigenvalue weighted by atomic mass is 9.90. The van der Waals surface area contributed by atoms with Crippen molar-refractivity contribution < 1.29 is 54.3 Å². The number of amides is 1. The van der Waals surface area contributed by atoms with E-state index < -0.39 is 67.1 Å². The van der Waals surface area contributed by atoms with Crippen LogP contribution in [0.25, 0.3) is 0 Å². The minimum Gasteiger partial charge on any atom is -0.493 e. The number of alkyl halides is 5. The van der Waals surface area contributed by atoms with Crippen LogP contribution in [0.15, 0.2) is 83.8 Å². The number of halogens is 5. The molecule has 0 spiro atoms. The molecule has 2 saturated heterocycles. The van der Waals surface area contributed by atoms with Crippen LogP contribution in [0.4, 0.5) is 22.0 Å². The second-order valence-corrected chi connectivity index (χ2v) is 15.5. The Kier molecular flexibility index (Phi) is 11.3. The molecule has 3 aromatic rings. The summed E-state index contributed by atoms with van der Waals surface area (Å²) < 4.78 is 115. The van der Waals surface area contributed by atoms with Gasteiger partial charge in [-0.25, -0.2) is 13.2 Å². The fourth-order valence-electron chi connectivity index (χ4n) is 7.40. The zero-order valence-electron chi connectivity index (χ0n) is 28.6. The van der Waals surface area contributed by atoms with Gasteiger partial charge in [0.25, 0.3) is 15.9 Å². The third-order valence-corrected chi connectivity index (χ3v) is 11.6. The highest BCUT2D eigenvalue weighted by Gasteiger charge is 2.60. The van der Waals surface area contributed by atoms with Crippen molar-refractivity contribution in [3.8, 4) is 17.2 Å². The SMILES string of the molecule is NC1CC2CCC(C1)N2C(=O)[C@@H](N(OC(=O)C(F)(F)F)S(=O)(=O)c1ccc(OCC2CCCCC2)cc1)C(F)(F)c1cccc(Oc2ccccc2)c1. The smallest absolute Gasteiger partial charge is 0.492 e. The van der Waals surface area contributed by atoms with Crippen molar-refractivity contribution in [1.29, 1.82) is 0 Å². The summed E-state index contributed by atoms with van der Waals surface area (Å²) in [6.45, 7) is 0.346. The van der Waals surface area contributed by atoms with E-state index in [1.54, 1.807) is 30.3 Å². The van der Waals surface area contributed by atoms with Gasteiger partial charge in [-0.05, 0) is 97.4 Å². The molecular weight excluding hydrogens is 725 g/mol. The minimum atomic E-state index is -5.83. The quantitative estimate of drug-likeness (QED) is 0.153. The Morgan fingerprint density at radius 3 is 2.06 bits per heavy atom. The van der Waals surface area contributed by atoms with E-state index in [0.717, 1.165) is 67.3 Å². The van der Waals surface area contributed by atoms with Crippen LogP contribution in [-0.2, 0) is 30.4 Å². The molecule has 3 atom stereocenters. The predicted octanol–water partition coefficient (Wildman–Crippen LogP) is 7.09. The van der Waals surface area contributed by atoms with Gasteiger partial charge in [-0.3, -0.25) is 4.79 Å². The number of hydrogen-bond donors (Lipinski definition) is 1. The van der Waals surface area contributed by atoms with Crippen molar-refractivity contribution in [3.63, 3.8) is 0 Å². The molecule has 2 bridgehead atoms. The van der Waals surface area contributed by atoms with E-state index in [9.17, 15) is 31.2 Å². The van der Waals surface area contributed by atoms with Crippen LogP contribution in [0.1, 0.15) is 63.4 Å². The summed E-state index contributed by atoms with van der Waals surface area (Å²) in [7, 11) is -5.62. The number of fused-ring (bicyclic) bond motifs is 2. The number of nitrogens with two attached hydrogens (primary N) is 1. The van der Waals surface area contributed by atoms with Gasteiger partial charge in [0.2, 0.25) is 6.04 Å². The van der Waals surface area contributed by atoms with Crippen LogP contribution in [0, 0.1) is 5.92 Å². The van der Waals surface area contributed by atoms with Gasteiger partial charge in [0.1, 0.15) is 17.2 Å². The van der Waals surface area contributed by atoms with Gasteiger partial charge >= 0.3 is 18.1 Å². The lowest BCUT2D eigenvalue weighted by molar-refractivity contribution is -0.240. The van der Waals surface area contributed by atoms with Gasteiger partial charge in [-0.1, -0.05) is 49.6 Å². The Morgan fingerprint density at radius 2 is 1.43 bits per heavy atom. The molecule has 0 radical (unpaired) electrons. The van der Waals surface area contributed by atoms with Crippen LogP contribution in [0.5, 0.6) is 17.2 Å². The molecule has 3 aliphatic rings. The highest BCUT2D eigenvalue weighted by molar-refractivity contribution is 7.89. The van der Waals surface area contributed by atoms with Gasteiger partial charge in [-0.2, -0.15) is 22.0 Å². The summed E-state index contributed by atoms with van der Waals surface area (Å²) in [5.41, 5.74) is 5.15. The largest absolute Gasteiger partial charge is 0.493 e. The molecule has 3 aromatic carbocycles. The molecule has 0 aromatic heterocycles. The van der Waals surface area contributed by atoms with Crippen LogP contribution < -0.4 is 15.2 Å². The van der Waals surface area contributed by atoms with E-state index in [-0.39, 0.29) is 42.0 Å². The number of carbonyl (C=O) groups is 2. The molecule has 2 aliphatic heterocycles. The molecule has 3 fully saturated rings. The standard InChI is InChI=1S/C37H40F5N3O7S/c38-36(39,25-10-7-13-31(20-25)51-30-11-5-2-6-12-30)33(34(46)44-27-14-15-28(44)22-26(43)21-27)45(52-35(47)37(40,41)42)53(48,49)32-18-16-29(17-19-32)50-23-24-8-3-1-4-9-24/h2,5-7,10-13,16-20,24,26-28,33H,1,3-4,8-9,14-15,21-23,43H2/t26?,27?,28?,33-/m1/s1.